The summed E-state index contributed by atoms with van der Waals surface area (Å²) in [7, 11) is -3.33. The molecule has 0 fully saturated rings. The summed E-state index contributed by atoms with van der Waals surface area (Å²) in [4.78, 5) is 12.4. The van der Waals surface area contributed by atoms with Gasteiger partial charge >= 0.3 is 6.01 Å². The number of carbonyl (C=O) groups is 1. The summed E-state index contributed by atoms with van der Waals surface area (Å²) in [5, 5.41) is 9.76. The molecule has 0 bridgehead atoms. The number of sulfone groups is 1. The van der Waals surface area contributed by atoms with Crippen molar-refractivity contribution in [1.82, 2.24) is 10.2 Å². The van der Waals surface area contributed by atoms with E-state index < -0.39 is 15.1 Å². The van der Waals surface area contributed by atoms with Gasteiger partial charge in [0.2, 0.25) is 11.8 Å². The molecule has 3 rings (SSSR count). The van der Waals surface area contributed by atoms with Crippen LogP contribution < -0.4 is 5.32 Å². The number of nitrogens with zero attached hydrogens (tertiary/aromatic N) is 2. The van der Waals surface area contributed by atoms with Crippen molar-refractivity contribution in [2.24, 2.45) is 0 Å². The maximum absolute atomic E-state index is 12.2. The first-order valence-electron chi connectivity index (χ1n) is 8.38. The Morgan fingerprint density at radius 3 is 2.33 bits per heavy atom. The molecule has 7 nitrogen and oxygen atoms in total. The Morgan fingerprint density at radius 1 is 1.04 bits per heavy atom. The summed E-state index contributed by atoms with van der Waals surface area (Å²) < 4.78 is 29.7. The molecule has 0 aliphatic carbocycles. The molecule has 140 valence electrons. The number of carbonyl (C=O) groups excluding carboxylic acids is 1. The van der Waals surface area contributed by atoms with Crippen molar-refractivity contribution < 1.29 is 17.6 Å². The fourth-order valence-corrected chi connectivity index (χ4v) is 3.45. The average Bonchev–Trinajstić information content (AvgIpc) is 3.11. The van der Waals surface area contributed by atoms with Crippen molar-refractivity contribution in [3.63, 3.8) is 0 Å². The standard InChI is InChI=1S/C19H19N3O4S/c1-13(2)27(24,25)16-10-8-14(9-11-16)12-17(23)20-19-22-21-18(26-19)15-6-4-3-5-7-15/h3-11,13H,12H2,1-2H3,(H,20,22,23). The van der Waals surface area contributed by atoms with E-state index in [1.54, 1.807) is 26.0 Å². The van der Waals surface area contributed by atoms with Crippen molar-refractivity contribution in [2.45, 2.75) is 30.4 Å². The van der Waals surface area contributed by atoms with Gasteiger partial charge in [-0.2, -0.15) is 0 Å². The van der Waals surface area contributed by atoms with Crippen LogP contribution in [0, 0.1) is 0 Å². The highest BCUT2D eigenvalue weighted by Crippen LogP contribution is 2.20. The molecular formula is C19H19N3O4S. The van der Waals surface area contributed by atoms with E-state index in [1.165, 1.54) is 12.1 Å². The van der Waals surface area contributed by atoms with Gasteiger partial charge < -0.3 is 4.42 Å². The van der Waals surface area contributed by atoms with Gasteiger partial charge in [-0.1, -0.05) is 35.4 Å². The lowest BCUT2D eigenvalue weighted by atomic mass is 10.1. The molecule has 27 heavy (non-hydrogen) atoms. The van der Waals surface area contributed by atoms with Crippen molar-refractivity contribution in [3.05, 3.63) is 60.2 Å². The molecule has 0 radical (unpaired) electrons. The molecule has 1 amide bonds. The third kappa shape index (κ3) is 4.40. The Kier molecular flexibility index (Phi) is 5.36. The van der Waals surface area contributed by atoms with Crippen LogP contribution in [0.3, 0.4) is 0 Å². The highest BCUT2D eigenvalue weighted by molar-refractivity contribution is 7.92. The molecule has 1 heterocycles. The van der Waals surface area contributed by atoms with E-state index in [-0.39, 0.29) is 23.2 Å². The first kappa shape index (κ1) is 18.8. The lowest BCUT2D eigenvalue weighted by Gasteiger charge is -2.08. The first-order valence-corrected chi connectivity index (χ1v) is 9.92. The number of hydrogen-bond donors (Lipinski definition) is 1. The molecular weight excluding hydrogens is 366 g/mol. The SMILES string of the molecule is CC(C)S(=O)(=O)c1ccc(CC(=O)Nc2nnc(-c3ccccc3)o2)cc1. The van der Waals surface area contributed by atoms with Gasteiger partial charge in [0.1, 0.15) is 0 Å². The van der Waals surface area contributed by atoms with Gasteiger partial charge in [0, 0.05) is 5.56 Å². The van der Waals surface area contributed by atoms with E-state index in [2.05, 4.69) is 15.5 Å². The molecule has 3 aromatic rings. The Morgan fingerprint density at radius 2 is 1.70 bits per heavy atom. The predicted molar refractivity (Wildman–Crippen MR) is 101 cm³/mol. The minimum absolute atomic E-state index is 0.0119. The van der Waals surface area contributed by atoms with Crippen LogP contribution in [0.5, 0.6) is 0 Å². The first-order chi connectivity index (χ1) is 12.9. The highest BCUT2D eigenvalue weighted by atomic mass is 32.2. The van der Waals surface area contributed by atoms with Crippen molar-refractivity contribution >= 4 is 21.8 Å². The fraction of sp³-hybridized carbons (Fsp3) is 0.211. The van der Waals surface area contributed by atoms with Crippen LogP contribution in [0.4, 0.5) is 6.01 Å². The summed E-state index contributed by atoms with van der Waals surface area (Å²) in [6.45, 7) is 3.26. The van der Waals surface area contributed by atoms with Crippen LogP contribution in [0.25, 0.3) is 11.5 Å². The smallest absolute Gasteiger partial charge is 0.322 e. The molecule has 1 N–H and O–H groups in total. The van der Waals surface area contributed by atoms with Crippen molar-refractivity contribution in [2.75, 3.05) is 5.32 Å². The number of anilines is 1. The zero-order valence-electron chi connectivity index (χ0n) is 14.9. The monoisotopic (exact) mass is 385 g/mol. The molecule has 8 heteroatoms. The molecule has 0 unspecified atom stereocenters. The Bertz CT molecular complexity index is 1030. The molecule has 0 saturated heterocycles. The van der Waals surface area contributed by atoms with Gasteiger partial charge in [0.25, 0.3) is 0 Å². The minimum atomic E-state index is -3.33. The van der Waals surface area contributed by atoms with Gasteiger partial charge in [0.15, 0.2) is 9.84 Å². The molecule has 0 atom stereocenters. The van der Waals surface area contributed by atoms with E-state index in [9.17, 15) is 13.2 Å². The number of aromatic nitrogens is 2. The third-order valence-electron chi connectivity index (χ3n) is 3.93. The molecule has 0 aliphatic rings. The lowest BCUT2D eigenvalue weighted by Crippen LogP contribution is -2.16. The van der Waals surface area contributed by atoms with E-state index >= 15 is 0 Å². The zero-order valence-corrected chi connectivity index (χ0v) is 15.7. The molecule has 1 aromatic heterocycles. The Hall–Kier alpha value is -3.00. The average molecular weight is 385 g/mol. The van der Waals surface area contributed by atoms with E-state index in [0.717, 1.165) is 5.56 Å². The molecule has 0 aliphatic heterocycles. The summed E-state index contributed by atoms with van der Waals surface area (Å²) in [6, 6.07) is 15.5. The van der Waals surface area contributed by atoms with Crippen LogP contribution in [-0.4, -0.2) is 29.8 Å². The molecule has 2 aromatic carbocycles. The Balaban J connectivity index is 1.64. The van der Waals surface area contributed by atoms with Crippen molar-refractivity contribution in [1.29, 1.82) is 0 Å². The zero-order chi connectivity index (χ0) is 19.4. The predicted octanol–water partition coefficient (Wildman–Crippen LogP) is 3.10. The van der Waals surface area contributed by atoms with Crippen LogP contribution in [0.15, 0.2) is 63.9 Å². The number of nitrogens with one attached hydrogen (secondary N) is 1. The van der Waals surface area contributed by atoms with Crippen LogP contribution in [0.2, 0.25) is 0 Å². The molecule has 0 spiro atoms. The fourth-order valence-electron chi connectivity index (χ4n) is 2.39. The largest absolute Gasteiger partial charge is 0.403 e. The summed E-state index contributed by atoms with van der Waals surface area (Å²) in [5.74, 6) is -0.0214. The van der Waals surface area contributed by atoms with Crippen LogP contribution in [-0.2, 0) is 21.1 Å². The minimum Gasteiger partial charge on any atom is -0.403 e. The van der Waals surface area contributed by atoms with Crippen LogP contribution >= 0.6 is 0 Å². The second-order valence-corrected chi connectivity index (χ2v) is 8.75. The van der Waals surface area contributed by atoms with E-state index in [1.807, 2.05) is 30.3 Å². The number of rotatable bonds is 6. The number of benzene rings is 2. The third-order valence-corrected chi connectivity index (χ3v) is 6.10. The number of amides is 1. The van der Waals surface area contributed by atoms with Crippen molar-refractivity contribution in [3.8, 4) is 11.5 Å². The lowest BCUT2D eigenvalue weighted by molar-refractivity contribution is -0.115. The summed E-state index contributed by atoms with van der Waals surface area (Å²) >= 11 is 0. The topological polar surface area (TPSA) is 102 Å². The van der Waals surface area contributed by atoms with E-state index in [4.69, 9.17) is 4.42 Å². The second kappa shape index (κ2) is 7.71. The maximum Gasteiger partial charge on any atom is 0.322 e. The van der Waals surface area contributed by atoms with Crippen LogP contribution in [0.1, 0.15) is 19.4 Å². The highest BCUT2D eigenvalue weighted by Gasteiger charge is 2.19. The Labute approximate surface area is 157 Å². The maximum atomic E-state index is 12.2. The van der Waals surface area contributed by atoms with Gasteiger partial charge in [0.05, 0.1) is 16.6 Å². The summed E-state index contributed by atoms with van der Waals surface area (Å²) in [6.07, 6.45) is 0.0606. The van der Waals surface area contributed by atoms with Gasteiger partial charge in [-0.25, -0.2) is 8.42 Å². The van der Waals surface area contributed by atoms with Gasteiger partial charge in [-0.05, 0) is 43.7 Å². The molecule has 0 saturated carbocycles. The number of hydrogen-bond acceptors (Lipinski definition) is 6. The normalized spacial score (nSPS) is 11.5. The quantitative estimate of drug-likeness (QED) is 0.699. The van der Waals surface area contributed by atoms with Gasteiger partial charge in [-0.3, -0.25) is 10.1 Å². The van der Waals surface area contributed by atoms with Gasteiger partial charge in [-0.15, -0.1) is 5.10 Å². The van der Waals surface area contributed by atoms with E-state index in [0.29, 0.717) is 11.5 Å². The summed E-state index contributed by atoms with van der Waals surface area (Å²) in [5.41, 5.74) is 1.44. The second-order valence-electron chi connectivity index (χ2n) is 6.24.